The highest BCUT2D eigenvalue weighted by Gasteiger charge is 2.51. The van der Waals surface area contributed by atoms with Gasteiger partial charge in [0.15, 0.2) is 0 Å². The Hall–Kier alpha value is -3.85. The Balaban J connectivity index is 1.22. The molecule has 4 aromatic carbocycles. The van der Waals surface area contributed by atoms with Crippen LogP contribution in [0.2, 0.25) is 0 Å². The Morgan fingerprint density at radius 2 is 0.897 bits per heavy atom. The summed E-state index contributed by atoms with van der Waals surface area (Å²) in [5.41, 5.74) is 8.24. The van der Waals surface area contributed by atoms with Crippen LogP contribution >= 0.6 is 7.82 Å². The lowest BCUT2D eigenvalue weighted by Gasteiger charge is -2.22. The summed E-state index contributed by atoms with van der Waals surface area (Å²) in [5.74, 6) is 0.712. The third-order valence-corrected chi connectivity index (χ3v) is 9.72. The molecule has 2 saturated carbocycles. The molecule has 0 aromatic heterocycles. The highest BCUT2D eigenvalue weighted by molar-refractivity contribution is 7.48. The fraction of sp³-hybridized carbons (Fsp3) is 0.176. The van der Waals surface area contributed by atoms with Crippen LogP contribution in [0, 0.1) is 0 Å². The molecule has 5 heteroatoms. The first-order chi connectivity index (χ1) is 19.0. The molecule has 1 N–H and O–H groups in total. The minimum Gasteiger partial charge on any atom is -0.395 e. The van der Waals surface area contributed by atoms with Gasteiger partial charge in [0.25, 0.3) is 0 Å². The fourth-order valence-corrected chi connectivity index (χ4v) is 7.66. The first kappa shape index (κ1) is 23.1. The Kier molecular flexibility index (Phi) is 4.78. The van der Waals surface area contributed by atoms with E-state index in [9.17, 15) is 9.46 Å². The van der Waals surface area contributed by atoms with Crippen molar-refractivity contribution in [3.63, 3.8) is 0 Å². The molecule has 4 nitrogen and oxygen atoms in total. The Bertz CT molecular complexity index is 1650. The lowest BCUT2D eigenvalue weighted by Crippen LogP contribution is -2.11. The third-order valence-electron chi connectivity index (χ3n) is 8.87. The van der Waals surface area contributed by atoms with Gasteiger partial charge < -0.3 is 9.05 Å². The second kappa shape index (κ2) is 8.08. The smallest absolute Gasteiger partial charge is 0.395 e. The zero-order valence-corrected chi connectivity index (χ0v) is 22.2. The van der Waals surface area contributed by atoms with Gasteiger partial charge in [0.1, 0.15) is 11.5 Å². The monoisotopic (exact) mass is 530 g/mol. The van der Waals surface area contributed by atoms with Gasteiger partial charge in [-0.15, -0.1) is 0 Å². The molecule has 0 unspecified atom stereocenters. The molecule has 4 aliphatic carbocycles. The molecule has 2 spiro atoms. The second-order valence-corrected chi connectivity index (χ2v) is 12.4. The number of rotatable bonds is 4. The van der Waals surface area contributed by atoms with Crippen molar-refractivity contribution in [1.82, 2.24) is 0 Å². The van der Waals surface area contributed by atoms with Crippen LogP contribution in [0.1, 0.15) is 70.2 Å². The van der Waals surface area contributed by atoms with Crippen LogP contribution in [-0.4, -0.2) is 4.89 Å². The molecular formula is C34H27O4P. The molecule has 0 amide bonds. The molecule has 0 radical (unpaired) electrons. The molecule has 192 valence electrons. The number of phosphoric acid groups is 1. The highest BCUT2D eigenvalue weighted by atomic mass is 31.2. The van der Waals surface area contributed by atoms with E-state index in [0.717, 1.165) is 59.1 Å². The van der Waals surface area contributed by atoms with Crippen molar-refractivity contribution < 1.29 is 18.5 Å². The maximum atomic E-state index is 13.8. The SMILES string of the molecule is O=P(O)(OC1=Cc2ccccc2C2(CC2)c2ccccc21)OC1=Cc2ccccc2C2(CC2)c2ccccc21. The molecular weight excluding hydrogens is 503 g/mol. The summed E-state index contributed by atoms with van der Waals surface area (Å²) in [6.45, 7) is 0. The first-order valence-corrected chi connectivity index (χ1v) is 15.0. The van der Waals surface area contributed by atoms with E-state index in [1.807, 2.05) is 72.8 Å². The molecule has 0 atom stereocenters. The van der Waals surface area contributed by atoms with Gasteiger partial charge in [-0.05, 0) is 71.2 Å². The van der Waals surface area contributed by atoms with Gasteiger partial charge in [-0.25, -0.2) is 4.57 Å². The topological polar surface area (TPSA) is 55.8 Å². The van der Waals surface area contributed by atoms with Crippen molar-refractivity contribution in [2.24, 2.45) is 0 Å². The second-order valence-electron chi connectivity index (χ2n) is 11.1. The molecule has 4 aromatic rings. The van der Waals surface area contributed by atoms with Crippen molar-refractivity contribution in [2.75, 3.05) is 0 Å². The average Bonchev–Trinajstić information content (AvgIpc) is 3.88. The maximum Gasteiger partial charge on any atom is 0.584 e. The quantitative estimate of drug-likeness (QED) is 0.270. The average molecular weight is 531 g/mol. The summed E-state index contributed by atoms with van der Waals surface area (Å²) in [7, 11) is -4.58. The predicted molar refractivity (Wildman–Crippen MR) is 154 cm³/mol. The number of phosphoric ester groups is 1. The Morgan fingerprint density at radius 1 is 0.538 bits per heavy atom. The van der Waals surface area contributed by atoms with Crippen molar-refractivity contribution >= 4 is 31.5 Å². The van der Waals surface area contributed by atoms with E-state index in [2.05, 4.69) is 36.4 Å². The van der Waals surface area contributed by atoms with E-state index in [0.29, 0.717) is 11.5 Å². The fourth-order valence-electron chi connectivity index (χ4n) is 6.82. The van der Waals surface area contributed by atoms with Crippen LogP contribution in [0.15, 0.2) is 97.1 Å². The molecule has 0 heterocycles. The zero-order chi connectivity index (χ0) is 26.2. The van der Waals surface area contributed by atoms with Crippen molar-refractivity contribution in [2.45, 2.75) is 36.5 Å². The normalized spacial score (nSPS) is 18.8. The number of hydrogen-bond donors (Lipinski definition) is 1. The van der Waals surface area contributed by atoms with Crippen LogP contribution in [0.3, 0.4) is 0 Å². The van der Waals surface area contributed by atoms with Crippen molar-refractivity contribution in [1.29, 1.82) is 0 Å². The number of fused-ring (bicyclic) bond motifs is 8. The zero-order valence-electron chi connectivity index (χ0n) is 21.3. The van der Waals surface area contributed by atoms with E-state index in [-0.39, 0.29) is 10.8 Å². The molecule has 0 aliphatic heterocycles. The minimum absolute atomic E-state index is 0.0832. The van der Waals surface area contributed by atoms with Gasteiger partial charge in [-0.2, -0.15) is 0 Å². The summed E-state index contributed by atoms with van der Waals surface area (Å²) in [6.07, 6.45) is 7.94. The van der Waals surface area contributed by atoms with Crippen LogP contribution < -0.4 is 0 Å². The minimum atomic E-state index is -4.58. The highest BCUT2D eigenvalue weighted by Crippen LogP contribution is 2.62. The summed E-state index contributed by atoms with van der Waals surface area (Å²) >= 11 is 0. The lowest BCUT2D eigenvalue weighted by atomic mass is 9.84. The Labute approximate surface area is 227 Å². The van der Waals surface area contributed by atoms with Crippen LogP contribution in [-0.2, 0) is 24.4 Å². The van der Waals surface area contributed by atoms with E-state index < -0.39 is 7.82 Å². The van der Waals surface area contributed by atoms with Crippen molar-refractivity contribution in [3.8, 4) is 0 Å². The molecule has 2 fully saturated rings. The third kappa shape index (κ3) is 3.52. The first-order valence-electron chi connectivity index (χ1n) is 13.5. The van der Waals surface area contributed by atoms with E-state index in [1.54, 1.807) is 0 Å². The summed E-state index contributed by atoms with van der Waals surface area (Å²) < 4.78 is 25.8. The van der Waals surface area contributed by atoms with E-state index in [4.69, 9.17) is 9.05 Å². The van der Waals surface area contributed by atoms with Crippen LogP contribution in [0.25, 0.3) is 23.7 Å². The van der Waals surface area contributed by atoms with Crippen LogP contribution in [0.4, 0.5) is 0 Å². The maximum absolute atomic E-state index is 13.8. The van der Waals surface area contributed by atoms with Crippen molar-refractivity contribution in [3.05, 3.63) is 142 Å². The van der Waals surface area contributed by atoms with Gasteiger partial charge in [0.05, 0.1) is 0 Å². The van der Waals surface area contributed by atoms with E-state index >= 15 is 0 Å². The largest absolute Gasteiger partial charge is 0.584 e. The van der Waals surface area contributed by atoms with Gasteiger partial charge >= 0.3 is 7.82 Å². The Morgan fingerprint density at radius 3 is 1.31 bits per heavy atom. The van der Waals surface area contributed by atoms with Crippen LogP contribution in [0.5, 0.6) is 0 Å². The molecule has 8 rings (SSSR count). The van der Waals surface area contributed by atoms with E-state index in [1.165, 1.54) is 11.1 Å². The number of benzene rings is 4. The number of hydrogen-bond acceptors (Lipinski definition) is 3. The summed E-state index contributed by atoms with van der Waals surface area (Å²) in [5, 5.41) is 0. The molecule has 0 saturated heterocycles. The van der Waals surface area contributed by atoms with Gasteiger partial charge in [-0.1, -0.05) is 97.1 Å². The molecule has 39 heavy (non-hydrogen) atoms. The van der Waals surface area contributed by atoms with Gasteiger partial charge in [-0.3, -0.25) is 4.89 Å². The van der Waals surface area contributed by atoms with Gasteiger partial charge in [0, 0.05) is 22.0 Å². The molecule has 0 bridgehead atoms. The molecule has 4 aliphatic rings. The van der Waals surface area contributed by atoms with Gasteiger partial charge in [0.2, 0.25) is 0 Å². The summed E-state index contributed by atoms with van der Waals surface area (Å²) in [6, 6.07) is 32.6. The predicted octanol–water partition coefficient (Wildman–Crippen LogP) is 8.30. The standard InChI is InChI=1S/C34H27O4P/c35-39(36,37-31-21-23-9-1-5-13-27(23)33(17-18-33)29-15-7-3-11-25(29)31)38-32-22-24-10-2-6-14-28(24)34(19-20-34)30-16-8-4-12-26(30)32/h1-16,21-22H,17-20H2,(H,35,36). The summed E-state index contributed by atoms with van der Waals surface area (Å²) in [4.78, 5) is 11.3. The lowest BCUT2D eigenvalue weighted by molar-refractivity contribution is 0.264.